The Hall–Kier alpha value is -3.19. The number of fused-ring (bicyclic) bond motifs is 1. The molecule has 0 unspecified atom stereocenters. The summed E-state index contributed by atoms with van der Waals surface area (Å²) < 4.78 is 0. The van der Waals surface area contributed by atoms with Crippen LogP contribution in [0, 0.1) is 13.8 Å². The number of carbonyl (C=O) groups is 2. The summed E-state index contributed by atoms with van der Waals surface area (Å²) in [6.07, 6.45) is 1.04. The Morgan fingerprint density at radius 2 is 1.81 bits per heavy atom. The lowest BCUT2D eigenvalue weighted by atomic mass is 10.1. The fraction of sp³-hybridized carbons (Fsp3) is 0.375. The van der Waals surface area contributed by atoms with Crippen molar-refractivity contribution in [2.45, 2.75) is 26.7 Å². The highest BCUT2D eigenvalue weighted by atomic mass is 16.2. The van der Waals surface area contributed by atoms with E-state index < -0.39 is 0 Å². The smallest absolute Gasteiger partial charge is 0.238 e. The zero-order chi connectivity index (χ0) is 21.8. The Morgan fingerprint density at radius 3 is 2.58 bits per heavy atom. The quantitative estimate of drug-likeness (QED) is 0.644. The Balaban J connectivity index is 1.22. The van der Waals surface area contributed by atoms with Crippen LogP contribution in [0.3, 0.4) is 0 Å². The molecule has 162 valence electrons. The van der Waals surface area contributed by atoms with Crippen LogP contribution in [0.2, 0.25) is 0 Å². The average Bonchev–Trinajstić information content (AvgIpc) is 3.19. The monoisotopic (exact) mass is 419 g/mol. The first-order chi connectivity index (χ1) is 15.0. The summed E-state index contributed by atoms with van der Waals surface area (Å²) in [6, 6.07) is 13.8. The highest BCUT2D eigenvalue weighted by molar-refractivity contribution is 5.93. The second-order valence-electron chi connectivity index (χ2n) is 8.15. The van der Waals surface area contributed by atoms with Gasteiger partial charge in [0.05, 0.1) is 17.6 Å². The van der Waals surface area contributed by atoms with Crippen molar-refractivity contribution in [3.63, 3.8) is 0 Å². The number of nitrogens with one attached hydrogen (secondary N) is 2. The van der Waals surface area contributed by atoms with Crippen molar-refractivity contribution < 1.29 is 9.59 Å². The summed E-state index contributed by atoms with van der Waals surface area (Å²) >= 11 is 0. The Bertz CT molecular complexity index is 1050. The van der Waals surface area contributed by atoms with Gasteiger partial charge in [0.2, 0.25) is 11.8 Å². The van der Waals surface area contributed by atoms with Gasteiger partial charge in [0.1, 0.15) is 5.82 Å². The number of para-hydroxylation sites is 2. The second-order valence-corrected chi connectivity index (χ2v) is 8.15. The molecule has 1 aliphatic rings. The molecule has 7 heteroatoms. The largest absolute Gasteiger partial charge is 0.342 e. The van der Waals surface area contributed by atoms with E-state index in [0.29, 0.717) is 45.6 Å². The fourth-order valence-corrected chi connectivity index (χ4v) is 3.94. The minimum Gasteiger partial charge on any atom is -0.342 e. The number of aromatic amines is 1. The molecule has 1 fully saturated rings. The summed E-state index contributed by atoms with van der Waals surface area (Å²) in [5.74, 6) is 0.967. The lowest BCUT2D eigenvalue weighted by Gasteiger charge is -2.34. The van der Waals surface area contributed by atoms with E-state index in [1.807, 2.05) is 61.2 Å². The van der Waals surface area contributed by atoms with Crippen LogP contribution >= 0.6 is 0 Å². The molecule has 31 heavy (non-hydrogen) atoms. The summed E-state index contributed by atoms with van der Waals surface area (Å²) in [6.45, 7) is 7.10. The standard InChI is InChI=1S/C24H29N5O2/c1-17-6-5-9-19(18(17)2)27-23(30)16-28-12-14-29(15-13-28)24(31)11-10-22-25-20-7-3-4-8-21(20)26-22/h3-9H,10-16H2,1-2H3,(H,25,26)(H,27,30). The highest BCUT2D eigenvalue weighted by Crippen LogP contribution is 2.18. The summed E-state index contributed by atoms with van der Waals surface area (Å²) in [5.41, 5.74) is 5.04. The van der Waals surface area contributed by atoms with Gasteiger partial charge in [-0.2, -0.15) is 0 Å². The predicted octanol–water partition coefficient (Wildman–Crippen LogP) is 2.90. The van der Waals surface area contributed by atoms with Gasteiger partial charge in [-0.25, -0.2) is 4.98 Å². The van der Waals surface area contributed by atoms with Crippen LogP contribution in [0.15, 0.2) is 42.5 Å². The normalized spacial score (nSPS) is 14.7. The number of nitrogens with zero attached hydrogens (tertiary/aromatic N) is 3. The average molecular weight is 420 g/mol. The number of amides is 2. The Labute approximate surface area is 182 Å². The molecule has 0 spiro atoms. The van der Waals surface area contributed by atoms with Gasteiger partial charge in [0.15, 0.2) is 0 Å². The minimum absolute atomic E-state index is 0.0154. The molecular formula is C24H29N5O2. The van der Waals surface area contributed by atoms with Crippen molar-refractivity contribution >= 4 is 28.5 Å². The van der Waals surface area contributed by atoms with Crippen LogP contribution in [-0.4, -0.2) is 64.3 Å². The highest BCUT2D eigenvalue weighted by Gasteiger charge is 2.22. The van der Waals surface area contributed by atoms with E-state index >= 15 is 0 Å². The topological polar surface area (TPSA) is 81.3 Å². The lowest BCUT2D eigenvalue weighted by Crippen LogP contribution is -2.50. The third-order valence-corrected chi connectivity index (χ3v) is 5.99. The zero-order valence-electron chi connectivity index (χ0n) is 18.1. The van der Waals surface area contributed by atoms with E-state index in [1.54, 1.807) is 0 Å². The SMILES string of the molecule is Cc1cccc(NC(=O)CN2CCN(C(=O)CCc3nc4ccccc4[nH]3)CC2)c1C. The van der Waals surface area contributed by atoms with Crippen LogP contribution in [0.25, 0.3) is 11.0 Å². The molecule has 2 N–H and O–H groups in total. The first-order valence-corrected chi connectivity index (χ1v) is 10.8. The van der Waals surface area contributed by atoms with E-state index in [9.17, 15) is 9.59 Å². The predicted molar refractivity (Wildman–Crippen MR) is 122 cm³/mol. The second kappa shape index (κ2) is 9.31. The number of piperazine rings is 1. The molecule has 1 aliphatic heterocycles. The van der Waals surface area contributed by atoms with Gasteiger partial charge >= 0.3 is 0 Å². The number of imidazole rings is 1. The Morgan fingerprint density at radius 1 is 1.03 bits per heavy atom. The Kier molecular flexibility index (Phi) is 6.32. The van der Waals surface area contributed by atoms with Gasteiger partial charge < -0.3 is 15.2 Å². The number of aromatic nitrogens is 2. The van der Waals surface area contributed by atoms with E-state index in [1.165, 1.54) is 0 Å². The van der Waals surface area contributed by atoms with Crippen LogP contribution in [0.4, 0.5) is 5.69 Å². The molecule has 1 saturated heterocycles. The summed E-state index contributed by atoms with van der Waals surface area (Å²) in [7, 11) is 0. The molecule has 7 nitrogen and oxygen atoms in total. The zero-order valence-corrected chi connectivity index (χ0v) is 18.1. The van der Waals surface area contributed by atoms with Crippen molar-refractivity contribution in [1.29, 1.82) is 0 Å². The van der Waals surface area contributed by atoms with Crippen LogP contribution in [-0.2, 0) is 16.0 Å². The van der Waals surface area contributed by atoms with Crippen LogP contribution < -0.4 is 5.32 Å². The van der Waals surface area contributed by atoms with E-state index in [0.717, 1.165) is 33.7 Å². The number of carbonyl (C=O) groups excluding carboxylic acids is 2. The van der Waals surface area contributed by atoms with Gasteiger partial charge in [-0.3, -0.25) is 14.5 Å². The first kappa shape index (κ1) is 21.1. The fourth-order valence-electron chi connectivity index (χ4n) is 3.94. The van der Waals surface area contributed by atoms with Gasteiger partial charge in [-0.05, 0) is 43.2 Å². The van der Waals surface area contributed by atoms with Crippen LogP contribution in [0.5, 0.6) is 0 Å². The van der Waals surface area contributed by atoms with E-state index in [4.69, 9.17) is 0 Å². The number of H-pyrrole nitrogens is 1. The molecule has 0 bridgehead atoms. The van der Waals surface area contributed by atoms with Crippen molar-refractivity contribution in [1.82, 2.24) is 19.8 Å². The lowest BCUT2D eigenvalue weighted by molar-refractivity contribution is -0.133. The number of anilines is 1. The van der Waals surface area contributed by atoms with Gasteiger partial charge in [-0.15, -0.1) is 0 Å². The number of hydrogen-bond donors (Lipinski definition) is 2. The van der Waals surface area contributed by atoms with Gasteiger partial charge in [0, 0.05) is 44.7 Å². The van der Waals surface area contributed by atoms with Crippen molar-refractivity contribution in [2.24, 2.45) is 0 Å². The first-order valence-electron chi connectivity index (χ1n) is 10.8. The third kappa shape index (κ3) is 5.11. The summed E-state index contributed by atoms with van der Waals surface area (Å²) in [4.78, 5) is 36.9. The van der Waals surface area contributed by atoms with Gasteiger partial charge in [0.25, 0.3) is 0 Å². The molecule has 0 atom stereocenters. The maximum atomic E-state index is 12.6. The molecule has 1 aromatic heterocycles. The third-order valence-electron chi connectivity index (χ3n) is 5.99. The van der Waals surface area contributed by atoms with E-state index in [2.05, 4.69) is 20.2 Å². The molecule has 0 aliphatic carbocycles. The number of hydrogen-bond acceptors (Lipinski definition) is 4. The van der Waals surface area contributed by atoms with Crippen molar-refractivity contribution in [3.05, 3.63) is 59.4 Å². The van der Waals surface area contributed by atoms with E-state index in [-0.39, 0.29) is 11.8 Å². The minimum atomic E-state index is -0.0154. The number of rotatable bonds is 6. The molecule has 3 aromatic rings. The maximum Gasteiger partial charge on any atom is 0.238 e. The molecule has 2 heterocycles. The summed E-state index contributed by atoms with van der Waals surface area (Å²) in [5, 5.41) is 3.01. The van der Waals surface area contributed by atoms with Gasteiger partial charge in [-0.1, -0.05) is 24.3 Å². The molecular weight excluding hydrogens is 390 g/mol. The van der Waals surface area contributed by atoms with Crippen LogP contribution in [0.1, 0.15) is 23.4 Å². The molecule has 0 saturated carbocycles. The molecule has 2 amide bonds. The molecule has 4 rings (SSSR count). The number of aryl methyl sites for hydroxylation is 2. The van der Waals surface area contributed by atoms with Crippen molar-refractivity contribution in [3.8, 4) is 0 Å². The molecule has 2 aromatic carbocycles. The van der Waals surface area contributed by atoms with Crippen molar-refractivity contribution in [2.75, 3.05) is 38.0 Å². The molecule has 0 radical (unpaired) electrons. The number of benzene rings is 2. The maximum absolute atomic E-state index is 12.6.